The molecule has 0 unspecified atom stereocenters. The van der Waals surface area contributed by atoms with Gasteiger partial charge in [0.15, 0.2) is 0 Å². The van der Waals surface area contributed by atoms with Gasteiger partial charge in [-0.25, -0.2) is 0 Å². The molecule has 3 aliphatic rings. The Kier molecular flexibility index (Phi) is 5.41. The minimum atomic E-state index is -0.211. The first-order valence-corrected chi connectivity index (χ1v) is 10.4. The lowest BCUT2D eigenvalue weighted by Gasteiger charge is -2.35. The molecule has 1 aliphatic carbocycles. The molecule has 2 saturated heterocycles. The highest BCUT2D eigenvalue weighted by Gasteiger charge is 2.38. The third-order valence-corrected chi connectivity index (χ3v) is 6.59. The van der Waals surface area contributed by atoms with Crippen LogP contribution in [0.1, 0.15) is 31.2 Å². The van der Waals surface area contributed by atoms with Gasteiger partial charge in [0.1, 0.15) is 0 Å². The highest BCUT2D eigenvalue weighted by Crippen LogP contribution is 2.29. The van der Waals surface area contributed by atoms with Crippen molar-refractivity contribution in [3.05, 3.63) is 22.4 Å². The van der Waals surface area contributed by atoms with E-state index in [0.717, 1.165) is 58.5 Å². The van der Waals surface area contributed by atoms with E-state index in [2.05, 4.69) is 26.6 Å². The van der Waals surface area contributed by atoms with E-state index in [1.54, 1.807) is 11.3 Å². The Balaban J connectivity index is 1.45. The number of ether oxygens (including phenoxy) is 1. The first-order valence-electron chi connectivity index (χ1n) is 9.48. The van der Waals surface area contributed by atoms with Gasteiger partial charge in [-0.05, 0) is 48.1 Å². The second-order valence-corrected chi connectivity index (χ2v) is 8.66. The average molecular weight is 365 g/mol. The van der Waals surface area contributed by atoms with Gasteiger partial charge in [-0.2, -0.15) is 11.3 Å². The Morgan fingerprint density at radius 2 is 2.04 bits per heavy atom. The topological polar surface area (TPSA) is 53.0 Å². The van der Waals surface area contributed by atoms with E-state index in [-0.39, 0.29) is 18.1 Å². The quantitative estimate of drug-likeness (QED) is 0.891. The molecule has 3 fully saturated rings. The Morgan fingerprint density at radius 1 is 1.20 bits per heavy atom. The molecule has 138 valence electrons. The Labute approximate surface area is 153 Å². The van der Waals surface area contributed by atoms with Gasteiger partial charge in [0.2, 0.25) is 5.91 Å². The molecule has 0 spiro atoms. The number of amides is 1. The number of carbonyl (C=O) groups excluding carboxylic acids is 1. The fourth-order valence-corrected chi connectivity index (χ4v) is 5.20. The van der Waals surface area contributed by atoms with E-state index in [9.17, 15) is 9.90 Å². The van der Waals surface area contributed by atoms with Crippen LogP contribution in [-0.2, 0) is 16.1 Å². The highest BCUT2D eigenvalue weighted by molar-refractivity contribution is 7.07. The number of fused-ring (bicyclic) bond motifs is 3. The van der Waals surface area contributed by atoms with Gasteiger partial charge in [0.05, 0.1) is 25.4 Å². The third kappa shape index (κ3) is 4.08. The van der Waals surface area contributed by atoms with Gasteiger partial charge in [-0.1, -0.05) is 0 Å². The lowest BCUT2D eigenvalue weighted by atomic mass is 9.86. The number of nitrogens with zero attached hydrogens (tertiary/aromatic N) is 2. The molecule has 1 aromatic heterocycles. The molecule has 1 aromatic rings. The van der Waals surface area contributed by atoms with Crippen LogP contribution in [0.5, 0.6) is 0 Å². The zero-order valence-electron chi connectivity index (χ0n) is 14.7. The summed E-state index contributed by atoms with van der Waals surface area (Å²) in [5.74, 6) is 0.780. The third-order valence-electron chi connectivity index (χ3n) is 5.86. The van der Waals surface area contributed by atoms with E-state index in [4.69, 9.17) is 4.74 Å². The van der Waals surface area contributed by atoms with Crippen molar-refractivity contribution in [2.24, 2.45) is 11.8 Å². The maximum Gasteiger partial charge on any atom is 0.226 e. The Bertz CT molecular complexity index is 571. The molecule has 0 aromatic carbocycles. The zero-order valence-corrected chi connectivity index (χ0v) is 15.5. The number of hydrogen-bond donors (Lipinski definition) is 1. The lowest BCUT2D eigenvalue weighted by molar-refractivity contribution is -0.140. The SMILES string of the molecule is O=C(C1CCC(O)CC1)N1C[C@H]2COC[C@@H]1CN(Cc1ccsc1)C2. The van der Waals surface area contributed by atoms with E-state index in [0.29, 0.717) is 18.4 Å². The summed E-state index contributed by atoms with van der Waals surface area (Å²) in [7, 11) is 0. The smallest absolute Gasteiger partial charge is 0.226 e. The van der Waals surface area contributed by atoms with Crippen LogP contribution < -0.4 is 0 Å². The largest absolute Gasteiger partial charge is 0.393 e. The van der Waals surface area contributed by atoms with Crippen molar-refractivity contribution in [3.63, 3.8) is 0 Å². The molecule has 1 saturated carbocycles. The second-order valence-electron chi connectivity index (χ2n) is 7.88. The minimum Gasteiger partial charge on any atom is -0.393 e. The molecule has 5 nitrogen and oxygen atoms in total. The Hall–Kier alpha value is -0.950. The molecular formula is C19H28N2O3S. The van der Waals surface area contributed by atoms with Gasteiger partial charge in [-0.15, -0.1) is 0 Å². The van der Waals surface area contributed by atoms with Crippen molar-refractivity contribution < 1.29 is 14.6 Å². The fourth-order valence-electron chi connectivity index (χ4n) is 4.54. The van der Waals surface area contributed by atoms with Gasteiger partial charge in [0.25, 0.3) is 0 Å². The van der Waals surface area contributed by atoms with Crippen molar-refractivity contribution >= 4 is 17.2 Å². The molecule has 1 amide bonds. The van der Waals surface area contributed by atoms with Crippen LogP contribution >= 0.6 is 11.3 Å². The number of carbonyl (C=O) groups is 1. The molecule has 1 N–H and O–H groups in total. The first-order chi connectivity index (χ1) is 12.2. The summed E-state index contributed by atoms with van der Waals surface area (Å²) >= 11 is 1.74. The van der Waals surface area contributed by atoms with Crippen molar-refractivity contribution in [2.45, 2.75) is 44.4 Å². The van der Waals surface area contributed by atoms with Crippen molar-refractivity contribution in [3.8, 4) is 0 Å². The van der Waals surface area contributed by atoms with Crippen molar-refractivity contribution in [1.82, 2.24) is 9.80 Å². The van der Waals surface area contributed by atoms with E-state index < -0.39 is 0 Å². The van der Waals surface area contributed by atoms with Crippen LogP contribution in [0, 0.1) is 11.8 Å². The summed E-state index contributed by atoms with van der Waals surface area (Å²) in [5.41, 5.74) is 1.37. The van der Waals surface area contributed by atoms with E-state index >= 15 is 0 Å². The molecule has 0 radical (unpaired) electrons. The number of thiophene rings is 1. The zero-order chi connectivity index (χ0) is 17.2. The molecule has 3 heterocycles. The molecule has 25 heavy (non-hydrogen) atoms. The maximum atomic E-state index is 13.2. The van der Waals surface area contributed by atoms with E-state index in [1.807, 2.05) is 0 Å². The standard InChI is InChI=1S/C19H28N2O3S/c22-18-3-1-16(2-4-18)19(23)21-9-15-8-20(7-14-5-6-25-13-14)10-17(21)12-24-11-15/h5-6,13,15-18,22H,1-4,7-12H2/t15-,16?,17-,18?/m0/s1. The normalized spacial score (nSPS) is 33.9. The van der Waals surface area contributed by atoms with E-state index in [1.165, 1.54) is 5.56 Å². The van der Waals surface area contributed by atoms with Gasteiger partial charge in [-0.3, -0.25) is 9.69 Å². The van der Waals surface area contributed by atoms with Crippen LogP contribution in [0.25, 0.3) is 0 Å². The number of aliphatic hydroxyl groups is 1. The van der Waals surface area contributed by atoms with Crippen LogP contribution in [0.15, 0.2) is 16.8 Å². The van der Waals surface area contributed by atoms with Crippen LogP contribution in [0.4, 0.5) is 0 Å². The monoisotopic (exact) mass is 364 g/mol. The molecule has 2 atom stereocenters. The number of rotatable bonds is 3. The first kappa shape index (κ1) is 17.5. The van der Waals surface area contributed by atoms with Crippen LogP contribution in [0.3, 0.4) is 0 Å². The molecule has 4 rings (SSSR count). The molecular weight excluding hydrogens is 336 g/mol. The minimum absolute atomic E-state index is 0.0908. The van der Waals surface area contributed by atoms with Crippen molar-refractivity contribution in [1.29, 1.82) is 0 Å². The van der Waals surface area contributed by atoms with Crippen molar-refractivity contribution in [2.75, 3.05) is 32.8 Å². The van der Waals surface area contributed by atoms with Crippen LogP contribution in [-0.4, -0.2) is 65.8 Å². The lowest BCUT2D eigenvalue weighted by Crippen LogP contribution is -2.49. The summed E-state index contributed by atoms with van der Waals surface area (Å²) < 4.78 is 5.87. The summed E-state index contributed by atoms with van der Waals surface area (Å²) in [6, 6.07) is 2.35. The highest BCUT2D eigenvalue weighted by atomic mass is 32.1. The fraction of sp³-hybridized carbons (Fsp3) is 0.737. The van der Waals surface area contributed by atoms with Gasteiger partial charge >= 0.3 is 0 Å². The van der Waals surface area contributed by atoms with Crippen LogP contribution in [0.2, 0.25) is 0 Å². The summed E-state index contributed by atoms with van der Waals surface area (Å²) in [4.78, 5) is 17.8. The number of hydrogen-bond acceptors (Lipinski definition) is 5. The Morgan fingerprint density at radius 3 is 2.80 bits per heavy atom. The summed E-state index contributed by atoms with van der Waals surface area (Å²) in [6.07, 6.45) is 2.97. The van der Waals surface area contributed by atoms with Gasteiger partial charge < -0.3 is 14.7 Å². The number of aliphatic hydroxyl groups excluding tert-OH is 1. The molecule has 2 bridgehead atoms. The molecule has 6 heteroatoms. The maximum absolute atomic E-state index is 13.2. The summed E-state index contributed by atoms with van der Waals surface area (Å²) in [5, 5.41) is 14.1. The molecule has 2 aliphatic heterocycles. The predicted molar refractivity (Wildman–Crippen MR) is 97.4 cm³/mol. The van der Waals surface area contributed by atoms with Gasteiger partial charge in [0, 0.05) is 38.0 Å². The predicted octanol–water partition coefficient (Wildman–Crippen LogP) is 1.96. The second kappa shape index (κ2) is 7.74. The average Bonchev–Trinajstić information content (AvgIpc) is 2.94. The summed E-state index contributed by atoms with van der Waals surface area (Å²) in [6.45, 7) is 5.09.